The molecule has 1 saturated heterocycles. The lowest BCUT2D eigenvalue weighted by atomic mass is 9.92. The lowest BCUT2D eigenvalue weighted by Crippen LogP contribution is -2.46. The van der Waals surface area contributed by atoms with Crippen molar-refractivity contribution in [3.63, 3.8) is 0 Å². The zero-order valence-corrected chi connectivity index (χ0v) is 12.2. The first-order valence-electron chi connectivity index (χ1n) is 7.33. The van der Waals surface area contributed by atoms with Gasteiger partial charge in [-0.3, -0.25) is 9.59 Å². The highest BCUT2D eigenvalue weighted by atomic mass is 16.4. The first-order valence-corrected chi connectivity index (χ1v) is 7.33. The van der Waals surface area contributed by atoms with E-state index in [0.717, 1.165) is 12.0 Å². The van der Waals surface area contributed by atoms with Crippen molar-refractivity contribution >= 4 is 11.9 Å². The molecule has 5 heteroatoms. The normalized spacial score (nSPS) is 21.6. The van der Waals surface area contributed by atoms with Gasteiger partial charge in [0.2, 0.25) is 5.91 Å². The number of benzene rings is 1. The molecule has 0 saturated carbocycles. The lowest BCUT2D eigenvalue weighted by Gasteiger charge is -2.34. The highest BCUT2D eigenvalue weighted by Crippen LogP contribution is 2.24. The second-order valence-corrected chi connectivity index (χ2v) is 5.69. The summed E-state index contributed by atoms with van der Waals surface area (Å²) in [5, 5.41) is 9.10. The molecule has 0 radical (unpaired) electrons. The largest absolute Gasteiger partial charge is 0.481 e. The van der Waals surface area contributed by atoms with Crippen LogP contribution in [0.25, 0.3) is 0 Å². The summed E-state index contributed by atoms with van der Waals surface area (Å²) in [4.78, 5) is 25.3. The number of carboxylic acids is 1. The number of carbonyl (C=O) groups excluding carboxylic acids is 1. The Balaban J connectivity index is 2.03. The molecule has 2 unspecified atom stereocenters. The highest BCUT2D eigenvalue weighted by molar-refractivity contribution is 5.80. The van der Waals surface area contributed by atoms with Crippen LogP contribution in [-0.2, 0) is 9.59 Å². The van der Waals surface area contributed by atoms with Crippen molar-refractivity contribution in [3.05, 3.63) is 35.9 Å². The van der Waals surface area contributed by atoms with E-state index in [2.05, 4.69) is 0 Å². The van der Waals surface area contributed by atoms with Gasteiger partial charge in [-0.25, -0.2) is 0 Å². The number of likely N-dealkylation sites (tertiary alicyclic amines) is 1. The molecule has 1 aliphatic rings. The Morgan fingerprint density at radius 1 is 1.33 bits per heavy atom. The molecule has 1 aliphatic heterocycles. The van der Waals surface area contributed by atoms with E-state index < -0.39 is 11.9 Å². The third-order valence-corrected chi connectivity index (χ3v) is 4.19. The first-order chi connectivity index (χ1) is 10.0. The second-order valence-electron chi connectivity index (χ2n) is 5.69. The van der Waals surface area contributed by atoms with Crippen LogP contribution >= 0.6 is 0 Å². The molecule has 0 bridgehead atoms. The molecule has 0 aromatic heterocycles. The van der Waals surface area contributed by atoms with Gasteiger partial charge in [-0.05, 0) is 18.4 Å². The SMILES string of the molecule is CC(C(=O)N1CCC[C@H](C(=O)O)C1)C(N)c1ccccc1. The minimum absolute atomic E-state index is 0.0581. The number of hydrogen-bond donors (Lipinski definition) is 2. The molecular formula is C16H22N2O3. The van der Waals surface area contributed by atoms with E-state index >= 15 is 0 Å². The molecule has 21 heavy (non-hydrogen) atoms. The van der Waals surface area contributed by atoms with Crippen LogP contribution in [0.3, 0.4) is 0 Å². The lowest BCUT2D eigenvalue weighted by molar-refractivity contribution is -0.146. The van der Waals surface area contributed by atoms with E-state index in [-0.39, 0.29) is 17.9 Å². The molecule has 0 spiro atoms. The number of nitrogens with two attached hydrogens (primary N) is 1. The van der Waals surface area contributed by atoms with Crippen molar-refractivity contribution in [2.24, 2.45) is 17.6 Å². The van der Waals surface area contributed by atoms with Gasteiger partial charge in [0.05, 0.1) is 11.8 Å². The number of piperidine rings is 1. The summed E-state index contributed by atoms with van der Waals surface area (Å²) in [6, 6.07) is 9.14. The van der Waals surface area contributed by atoms with Crippen molar-refractivity contribution < 1.29 is 14.7 Å². The maximum atomic E-state index is 12.5. The van der Waals surface area contributed by atoms with E-state index in [0.29, 0.717) is 19.5 Å². The molecule has 1 heterocycles. The van der Waals surface area contributed by atoms with Gasteiger partial charge in [-0.1, -0.05) is 37.3 Å². The van der Waals surface area contributed by atoms with Crippen molar-refractivity contribution in [2.45, 2.75) is 25.8 Å². The smallest absolute Gasteiger partial charge is 0.308 e. The fraction of sp³-hybridized carbons (Fsp3) is 0.500. The van der Waals surface area contributed by atoms with E-state index in [1.165, 1.54) is 0 Å². The van der Waals surface area contributed by atoms with Crippen LogP contribution in [0.4, 0.5) is 0 Å². The summed E-state index contributed by atoms with van der Waals surface area (Å²) in [6.07, 6.45) is 1.37. The minimum atomic E-state index is -0.826. The van der Waals surface area contributed by atoms with Gasteiger partial charge < -0.3 is 15.7 Å². The van der Waals surface area contributed by atoms with Crippen LogP contribution in [0.5, 0.6) is 0 Å². The average molecular weight is 290 g/mol. The summed E-state index contributed by atoms with van der Waals surface area (Å²) < 4.78 is 0. The van der Waals surface area contributed by atoms with E-state index in [9.17, 15) is 9.59 Å². The number of amides is 1. The molecule has 2 rings (SSSR count). The molecular weight excluding hydrogens is 268 g/mol. The van der Waals surface area contributed by atoms with Crippen LogP contribution in [0.1, 0.15) is 31.4 Å². The van der Waals surface area contributed by atoms with Crippen molar-refractivity contribution in [3.8, 4) is 0 Å². The number of hydrogen-bond acceptors (Lipinski definition) is 3. The Morgan fingerprint density at radius 3 is 2.62 bits per heavy atom. The topological polar surface area (TPSA) is 83.6 Å². The van der Waals surface area contributed by atoms with E-state index in [4.69, 9.17) is 10.8 Å². The third kappa shape index (κ3) is 3.61. The predicted octanol–water partition coefficient (Wildman–Crippen LogP) is 1.65. The number of carboxylic acid groups (broad SMARTS) is 1. The zero-order chi connectivity index (χ0) is 15.4. The van der Waals surface area contributed by atoms with Gasteiger partial charge in [-0.15, -0.1) is 0 Å². The van der Waals surface area contributed by atoms with Crippen LogP contribution in [0.2, 0.25) is 0 Å². The molecule has 5 nitrogen and oxygen atoms in total. The molecule has 0 aliphatic carbocycles. The van der Waals surface area contributed by atoms with Gasteiger partial charge in [0, 0.05) is 19.1 Å². The van der Waals surface area contributed by atoms with Gasteiger partial charge in [0.15, 0.2) is 0 Å². The maximum Gasteiger partial charge on any atom is 0.308 e. The fourth-order valence-corrected chi connectivity index (χ4v) is 2.78. The van der Waals surface area contributed by atoms with Crippen molar-refractivity contribution in [1.29, 1.82) is 0 Å². The molecule has 114 valence electrons. The van der Waals surface area contributed by atoms with Gasteiger partial charge in [0.25, 0.3) is 0 Å². The Bertz CT molecular complexity index is 504. The van der Waals surface area contributed by atoms with Crippen LogP contribution in [0.15, 0.2) is 30.3 Å². The van der Waals surface area contributed by atoms with E-state index in [1.807, 2.05) is 37.3 Å². The highest BCUT2D eigenvalue weighted by Gasteiger charge is 2.32. The van der Waals surface area contributed by atoms with Gasteiger partial charge in [0.1, 0.15) is 0 Å². The van der Waals surface area contributed by atoms with Gasteiger partial charge >= 0.3 is 5.97 Å². The minimum Gasteiger partial charge on any atom is -0.481 e. The molecule has 1 aromatic rings. The van der Waals surface area contributed by atoms with Crippen LogP contribution in [-0.4, -0.2) is 35.0 Å². The van der Waals surface area contributed by atoms with Crippen LogP contribution < -0.4 is 5.73 Å². The molecule has 1 fully saturated rings. The summed E-state index contributed by atoms with van der Waals surface area (Å²) in [5.41, 5.74) is 7.10. The number of carbonyl (C=O) groups is 2. The Labute approximate surface area is 124 Å². The predicted molar refractivity (Wildman–Crippen MR) is 79.5 cm³/mol. The Morgan fingerprint density at radius 2 is 2.00 bits per heavy atom. The fourth-order valence-electron chi connectivity index (χ4n) is 2.78. The number of nitrogens with zero attached hydrogens (tertiary/aromatic N) is 1. The summed E-state index contributed by atoms with van der Waals surface area (Å²) in [5.74, 6) is -1.70. The zero-order valence-electron chi connectivity index (χ0n) is 12.2. The van der Waals surface area contributed by atoms with Crippen molar-refractivity contribution in [1.82, 2.24) is 4.90 Å². The van der Waals surface area contributed by atoms with Crippen LogP contribution in [0, 0.1) is 11.8 Å². The Kier molecular flexibility index (Phi) is 4.96. The van der Waals surface area contributed by atoms with E-state index in [1.54, 1.807) is 4.90 Å². The summed E-state index contributed by atoms with van der Waals surface area (Å²) >= 11 is 0. The van der Waals surface area contributed by atoms with Gasteiger partial charge in [-0.2, -0.15) is 0 Å². The molecule has 1 aromatic carbocycles. The molecule has 3 N–H and O–H groups in total. The van der Waals surface area contributed by atoms with Crippen molar-refractivity contribution in [2.75, 3.05) is 13.1 Å². The Hall–Kier alpha value is -1.88. The third-order valence-electron chi connectivity index (χ3n) is 4.19. The first kappa shape index (κ1) is 15.5. The quantitative estimate of drug-likeness (QED) is 0.883. The average Bonchev–Trinajstić information content (AvgIpc) is 2.53. The summed E-state index contributed by atoms with van der Waals surface area (Å²) in [7, 11) is 0. The monoisotopic (exact) mass is 290 g/mol. The second kappa shape index (κ2) is 6.72. The standard InChI is InChI=1S/C16H22N2O3/c1-11(14(17)12-6-3-2-4-7-12)15(19)18-9-5-8-13(10-18)16(20)21/h2-4,6-7,11,13-14H,5,8-10,17H2,1H3,(H,20,21)/t11?,13-,14?/m0/s1. The summed E-state index contributed by atoms with van der Waals surface area (Å²) in [6.45, 7) is 2.72. The number of rotatable bonds is 4. The molecule has 1 amide bonds. The molecule has 3 atom stereocenters. The number of aliphatic carboxylic acids is 1. The maximum absolute atomic E-state index is 12.5.